The van der Waals surface area contributed by atoms with E-state index in [1.54, 1.807) is 24.3 Å². The van der Waals surface area contributed by atoms with E-state index in [4.69, 9.17) is 5.73 Å². The molecule has 1 aliphatic rings. The Bertz CT molecular complexity index is 932. The fourth-order valence-electron chi connectivity index (χ4n) is 3.15. The van der Waals surface area contributed by atoms with E-state index in [9.17, 15) is 18.0 Å². The highest BCUT2D eigenvalue weighted by molar-refractivity contribution is 8.15. The maximum Gasteiger partial charge on any atom is 0.365 e. The van der Waals surface area contributed by atoms with Crippen LogP contribution in [0.4, 0.5) is 18.0 Å². The van der Waals surface area contributed by atoms with E-state index in [2.05, 4.69) is 9.94 Å². The van der Waals surface area contributed by atoms with Gasteiger partial charge in [0.15, 0.2) is 0 Å². The van der Waals surface area contributed by atoms with Crippen LogP contribution in [0.3, 0.4) is 0 Å². The molecule has 0 bridgehead atoms. The van der Waals surface area contributed by atoms with E-state index < -0.39 is 29.4 Å². The van der Waals surface area contributed by atoms with E-state index in [-0.39, 0.29) is 10.6 Å². The molecule has 1 atom stereocenters. The number of carbonyl (C=O) groups excluding carboxylic acids is 1. The number of amides is 2. The number of benzene rings is 2. The second kappa shape index (κ2) is 9.50. The predicted molar refractivity (Wildman–Crippen MR) is 109 cm³/mol. The van der Waals surface area contributed by atoms with Gasteiger partial charge in [0, 0.05) is 12.6 Å². The van der Waals surface area contributed by atoms with Gasteiger partial charge in [0.2, 0.25) is 6.86 Å². The van der Waals surface area contributed by atoms with E-state index in [1.165, 1.54) is 7.05 Å². The summed E-state index contributed by atoms with van der Waals surface area (Å²) in [5, 5.41) is 6.28. The molecule has 2 amide bonds. The zero-order valence-electron chi connectivity index (χ0n) is 16.2. The summed E-state index contributed by atoms with van der Waals surface area (Å²) in [5.41, 5.74) is 6.36. The summed E-state index contributed by atoms with van der Waals surface area (Å²) in [6.45, 7) is -0.864. The second-order valence-corrected chi connectivity index (χ2v) is 7.77. The smallest absolute Gasteiger partial charge is 0.330 e. The molecule has 0 spiro atoms. The molecular weight excluding hydrogens is 417 g/mol. The lowest BCUT2D eigenvalue weighted by Crippen LogP contribution is -2.47. The number of hydroxylamine groups is 2. The number of nitrogens with two attached hydrogens (primary N) is 1. The van der Waals surface area contributed by atoms with E-state index in [1.807, 2.05) is 6.07 Å². The van der Waals surface area contributed by atoms with Crippen LogP contribution in [0.25, 0.3) is 0 Å². The Kier molecular flexibility index (Phi) is 7.01. The van der Waals surface area contributed by atoms with E-state index in [0.717, 1.165) is 40.0 Å². The van der Waals surface area contributed by atoms with Crippen molar-refractivity contribution in [3.63, 3.8) is 0 Å². The minimum atomic E-state index is -1.21. The van der Waals surface area contributed by atoms with Crippen molar-refractivity contribution >= 4 is 22.8 Å². The van der Waals surface area contributed by atoms with Crippen LogP contribution in [-0.2, 0) is 9.71 Å². The summed E-state index contributed by atoms with van der Waals surface area (Å²) in [6.07, 6.45) is 0.894. The van der Waals surface area contributed by atoms with Crippen molar-refractivity contribution in [1.82, 2.24) is 10.1 Å². The summed E-state index contributed by atoms with van der Waals surface area (Å²) in [4.78, 5) is 16.6. The third kappa shape index (κ3) is 4.30. The van der Waals surface area contributed by atoms with Crippen LogP contribution in [-0.4, -0.2) is 41.6 Å². The van der Waals surface area contributed by atoms with Gasteiger partial charge in [-0.25, -0.2) is 27.9 Å². The number of hydrogen-bond acceptors (Lipinski definition) is 5. The summed E-state index contributed by atoms with van der Waals surface area (Å²) in [6, 6.07) is 11.3. The standard InChI is InChI=1S/C20H21F3N4O2S/c1-26(29-13-21)19(28)27-20(10-5-11-24,14-6-3-2-4-7-14)30-18(25-27)16-12-15(22)8-9-17(16)23/h2-4,6-9,12H,5,10-11,13,24H2,1H3. The molecule has 1 heterocycles. The summed E-state index contributed by atoms with van der Waals surface area (Å²) < 4.78 is 40.9. The third-order valence-electron chi connectivity index (χ3n) is 4.59. The van der Waals surface area contributed by atoms with Crippen LogP contribution >= 0.6 is 11.8 Å². The van der Waals surface area contributed by atoms with Gasteiger partial charge in [-0.05, 0) is 43.1 Å². The van der Waals surface area contributed by atoms with Crippen molar-refractivity contribution in [2.45, 2.75) is 17.7 Å². The van der Waals surface area contributed by atoms with Gasteiger partial charge in [-0.1, -0.05) is 42.1 Å². The molecule has 2 aromatic rings. The number of nitrogens with zero attached hydrogens (tertiary/aromatic N) is 3. The van der Waals surface area contributed by atoms with Gasteiger partial charge in [0.1, 0.15) is 21.5 Å². The highest BCUT2D eigenvalue weighted by Gasteiger charge is 2.49. The van der Waals surface area contributed by atoms with Crippen molar-refractivity contribution < 1.29 is 22.8 Å². The number of rotatable bonds is 7. The average molecular weight is 438 g/mol. The lowest BCUT2D eigenvalue weighted by atomic mass is 10.0. The highest BCUT2D eigenvalue weighted by Crippen LogP contribution is 2.50. The second-order valence-electron chi connectivity index (χ2n) is 6.50. The van der Waals surface area contributed by atoms with Crippen LogP contribution in [0.5, 0.6) is 0 Å². The van der Waals surface area contributed by atoms with Gasteiger partial charge in [0.25, 0.3) is 0 Å². The molecular formula is C20H21F3N4O2S. The number of carbonyl (C=O) groups is 1. The molecule has 1 unspecified atom stereocenters. The fourth-order valence-corrected chi connectivity index (χ4v) is 4.56. The first kappa shape index (κ1) is 22.1. The molecule has 6 nitrogen and oxygen atoms in total. The fraction of sp³-hybridized carbons (Fsp3) is 0.300. The zero-order chi connectivity index (χ0) is 21.7. The average Bonchev–Trinajstić information content (AvgIpc) is 3.14. The van der Waals surface area contributed by atoms with Crippen LogP contribution in [0.2, 0.25) is 0 Å². The lowest BCUT2D eigenvalue weighted by molar-refractivity contribution is -0.143. The maximum absolute atomic E-state index is 14.5. The molecule has 1 aliphatic heterocycles. The van der Waals surface area contributed by atoms with Gasteiger partial charge in [-0.2, -0.15) is 10.1 Å². The number of hydrazone groups is 1. The van der Waals surface area contributed by atoms with Crippen LogP contribution < -0.4 is 5.73 Å². The molecule has 0 aliphatic carbocycles. The number of hydrogen-bond donors (Lipinski definition) is 1. The Morgan fingerprint density at radius 3 is 2.67 bits per heavy atom. The Hall–Kier alpha value is -2.56. The number of alkyl halides is 1. The Balaban J connectivity index is 2.13. The Labute approximate surface area is 176 Å². The van der Waals surface area contributed by atoms with Crippen LogP contribution in [0, 0.1) is 11.6 Å². The summed E-state index contributed by atoms with van der Waals surface area (Å²) in [7, 11) is 1.25. The van der Waals surface area contributed by atoms with Crippen molar-refractivity contribution in [2.75, 3.05) is 20.5 Å². The van der Waals surface area contributed by atoms with Gasteiger partial charge in [-0.3, -0.25) is 0 Å². The quantitative estimate of drug-likeness (QED) is 0.659. The number of urea groups is 1. The third-order valence-corrected chi connectivity index (χ3v) is 6.04. The molecule has 2 aromatic carbocycles. The van der Waals surface area contributed by atoms with Crippen LogP contribution in [0.1, 0.15) is 24.0 Å². The van der Waals surface area contributed by atoms with Gasteiger partial charge in [0.05, 0.1) is 0 Å². The SMILES string of the molecule is CN(OCF)C(=O)N1N=C(c2cc(F)ccc2F)SC1(CCCN)c1ccccc1. The molecule has 0 radical (unpaired) electrons. The first-order valence-electron chi connectivity index (χ1n) is 9.18. The van der Waals surface area contributed by atoms with E-state index >= 15 is 0 Å². The highest BCUT2D eigenvalue weighted by atomic mass is 32.2. The molecule has 0 fully saturated rings. The van der Waals surface area contributed by atoms with Crippen LogP contribution in [0.15, 0.2) is 53.6 Å². The minimum Gasteiger partial charge on any atom is -0.330 e. The molecule has 0 aromatic heterocycles. The maximum atomic E-state index is 14.5. The molecule has 0 saturated heterocycles. The van der Waals surface area contributed by atoms with Crippen molar-refractivity contribution in [3.05, 3.63) is 71.3 Å². The lowest BCUT2D eigenvalue weighted by Gasteiger charge is -2.37. The molecule has 10 heteroatoms. The Morgan fingerprint density at radius 2 is 2.00 bits per heavy atom. The predicted octanol–water partition coefficient (Wildman–Crippen LogP) is 4.18. The van der Waals surface area contributed by atoms with Gasteiger partial charge >= 0.3 is 6.03 Å². The summed E-state index contributed by atoms with van der Waals surface area (Å²) >= 11 is 1.12. The topological polar surface area (TPSA) is 71.2 Å². The normalized spacial score (nSPS) is 18.4. The van der Waals surface area contributed by atoms with Crippen molar-refractivity contribution in [2.24, 2.45) is 10.8 Å². The zero-order valence-corrected chi connectivity index (χ0v) is 17.0. The monoisotopic (exact) mass is 438 g/mol. The molecule has 2 N–H and O–H groups in total. The summed E-state index contributed by atoms with van der Waals surface area (Å²) in [5.74, 6) is -1.31. The van der Waals surface area contributed by atoms with Gasteiger partial charge < -0.3 is 5.73 Å². The molecule has 160 valence electrons. The van der Waals surface area contributed by atoms with Gasteiger partial charge in [-0.15, -0.1) is 0 Å². The Morgan fingerprint density at radius 1 is 1.27 bits per heavy atom. The first-order chi connectivity index (χ1) is 14.4. The van der Waals surface area contributed by atoms with E-state index in [0.29, 0.717) is 24.9 Å². The molecule has 3 rings (SSSR count). The number of thioether (sulfide) groups is 1. The number of halogens is 3. The minimum absolute atomic E-state index is 0.0718. The van der Waals surface area contributed by atoms with Crippen molar-refractivity contribution in [1.29, 1.82) is 0 Å². The molecule has 0 saturated carbocycles. The van der Waals surface area contributed by atoms with Crippen molar-refractivity contribution in [3.8, 4) is 0 Å². The first-order valence-corrected chi connectivity index (χ1v) is 10.00. The molecule has 30 heavy (non-hydrogen) atoms. The largest absolute Gasteiger partial charge is 0.365 e.